The van der Waals surface area contributed by atoms with Crippen molar-refractivity contribution in [3.05, 3.63) is 76.9 Å². The van der Waals surface area contributed by atoms with Gasteiger partial charge in [-0.2, -0.15) is 4.39 Å². The molecule has 2 aromatic carbocycles. The fourth-order valence-electron chi connectivity index (χ4n) is 3.89. The summed E-state index contributed by atoms with van der Waals surface area (Å²) in [6, 6.07) is 19.8. The molecular formula is C28H33FO3S. The molecule has 0 amide bonds. The molecule has 0 atom stereocenters. The van der Waals surface area contributed by atoms with Gasteiger partial charge in [-0.1, -0.05) is 36.4 Å². The van der Waals surface area contributed by atoms with Crippen LogP contribution in [-0.4, -0.2) is 17.8 Å². The topological polar surface area (TPSA) is 27.7 Å². The molecule has 33 heavy (non-hydrogen) atoms. The van der Waals surface area contributed by atoms with Gasteiger partial charge in [0, 0.05) is 16.0 Å². The van der Waals surface area contributed by atoms with E-state index in [1.165, 1.54) is 11.6 Å². The molecule has 0 N–H and O–H groups in total. The molecular weight excluding hydrogens is 435 g/mol. The van der Waals surface area contributed by atoms with Crippen LogP contribution in [0.4, 0.5) is 4.39 Å². The molecule has 5 heteroatoms. The van der Waals surface area contributed by atoms with Gasteiger partial charge in [-0.25, -0.2) is 0 Å². The first-order chi connectivity index (χ1) is 15.7. The van der Waals surface area contributed by atoms with Crippen LogP contribution in [0.5, 0.6) is 5.75 Å². The lowest BCUT2D eigenvalue weighted by Gasteiger charge is -2.30. The number of rotatable bonds is 9. The van der Waals surface area contributed by atoms with Gasteiger partial charge >= 0.3 is 0 Å². The lowest BCUT2D eigenvalue weighted by molar-refractivity contribution is -0.0895. The van der Waals surface area contributed by atoms with Gasteiger partial charge in [-0.3, -0.25) is 0 Å². The normalized spacial score (nSPS) is 17.4. The predicted octanol–water partition coefficient (Wildman–Crippen LogP) is 7.95. The highest BCUT2D eigenvalue weighted by Crippen LogP contribution is 2.46. The van der Waals surface area contributed by atoms with Crippen molar-refractivity contribution in [2.45, 2.75) is 70.9 Å². The molecule has 0 bridgehead atoms. The second-order valence-electron chi connectivity index (χ2n) is 9.59. The zero-order chi connectivity index (χ0) is 23.5. The second kappa shape index (κ2) is 9.96. The summed E-state index contributed by atoms with van der Waals surface area (Å²) in [7, 11) is 0. The number of aryl methyl sites for hydroxylation is 1. The maximum Gasteiger partial charge on any atom is 0.185 e. The van der Waals surface area contributed by atoms with Crippen molar-refractivity contribution in [3.8, 4) is 16.2 Å². The van der Waals surface area contributed by atoms with Crippen LogP contribution in [0.25, 0.3) is 10.4 Å². The Kier molecular flexibility index (Phi) is 7.22. The fraction of sp³-hybridized carbons (Fsp3) is 0.429. The van der Waals surface area contributed by atoms with E-state index in [0.29, 0.717) is 6.61 Å². The molecule has 1 fully saturated rings. The number of benzene rings is 2. The average molecular weight is 469 g/mol. The Labute approximate surface area is 200 Å². The van der Waals surface area contributed by atoms with Gasteiger partial charge in [-0.15, -0.1) is 11.3 Å². The monoisotopic (exact) mass is 468 g/mol. The number of unbranched alkanes of at least 4 members (excludes halogenated alkanes) is 2. The van der Waals surface area contributed by atoms with E-state index in [0.717, 1.165) is 58.8 Å². The first kappa shape index (κ1) is 23.9. The van der Waals surface area contributed by atoms with Crippen molar-refractivity contribution in [3.63, 3.8) is 0 Å². The zero-order valence-electron chi connectivity index (χ0n) is 19.9. The van der Waals surface area contributed by atoms with Crippen molar-refractivity contribution in [2.75, 3.05) is 6.61 Å². The van der Waals surface area contributed by atoms with Crippen LogP contribution < -0.4 is 4.74 Å². The number of thiophene rings is 1. The van der Waals surface area contributed by atoms with E-state index >= 15 is 0 Å². The highest BCUT2D eigenvalue weighted by molar-refractivity contribution is 7.13. The van der Waals surface area contributed by atoms with Gasteiger partial charge in [0.05, 0.1) is 17.8 Å². The second-order valence-corrected chi connectivity index (χ2v) is 10.6. The third-order valence-corrected chi connectivity index (χ3v) is 7.48. The van der Waals surface area contributed by atoms with Crippen LogP contribution in [-0.2, 0) is 15.9 Å². The molecule has 2 heterocycles. The summed E-state index contributed by atoms with van der Waals surface area (Å²) in [6.07, 6.45) is 3.83. The lowest BCUT2D eigenvalue weighted by Crippen LogP contribution is -2.41. The minimum atomic E-state index is -0.467. The Hall–Kier alpha value is -2.21. The highest BCUT2D eigenvalue weighted by Gasteiger charge is 2.49. The Morgan fingerprint density at radius 3 is 2.27 bits per heavy atom. The number of hydrogen-bond acceptors (Lipinski definition) is 4. The maximum atomic E-state index is 13.8. The summed E-state index contributed by atoms with van der Waals surface area (Å²) >= 11 is 1.12. The van der Waals surface area contributed by atoms with Crippen LogP contribution in [0.3, 0.4) is 0 Å². The molecule has 0 saturated carbocycles. The van der Waals surface area contributed by atoms with Gasteiger partial charge in [0.2, 0.25) is 0 Å². The minimum absolute atomic E-state index is 0.210. The Balaban J connectivity index is 1.42. The van der Waals surface area contributed by atoms with Crippen molar-refractivity contribution in [1.82, 2.24) is 0 Å². The molecule has 3 nitrogen and oxygen atoms in total. The third kappa shape index (κ3) is 5.65. The van der Waals surface area contributed by atoms with E-state index < -0.39 is 17.5 Å². The fourth-order valence-corrected chi connectivity index (χ4v) is 4.64. The van der Waals surface area contributed by atoms with Gasteiger partial charge in [0.15, 0.2) is 11.4 Å². The molecule has 1 aromatic heterocycles. The summed E-state index contributed by atoms with van der Waals surface area (Å²) in [5, 5.41) is -0.210. The summed E-state index contributed by atoms with van der Waals surface area (Å²) in [6.45, 7) is 8.79. The van der Waals surface area contributed by atoms with E-state index in [4.69, 9.17) is 14.2 Å². The van der Waals surface area contributed by atoms with Gasteiger partial charge in [0.1, 0.15) is 5.75 Å². The first-order valence-electron chi connectivity index (χ1n) is 11.7. The van der Waals surface area contributed by atoms with Crippen molar-refractivity contribution in [1.29, 1.82) is 0 Å². The lowest BCUT2D eigenvalue weighted by atomic mass is 9.90. The smallest absolute Gasteiger partial charge is 0.185 e. The van der Waals surface area contributed by atoms with E-state index in [1.807, 2.05) is 52.0 Å². The predicted molar refractivity (Wildman–Crippen MR) is 132 cm³/mol. The summed E-state index contributed by atoms with van der Waals surface area (Å²) < 4.78 is 32.4. The molecule has 1 aliphatic rings. The standard InChI is InChI=1S/C28H33FO3S/c1-27(2)28(3,4)32-26(31-27)21-14-15-23(22(19-21)24-16-17-25(29)33-24)30-18-10-6-9-13-20-11-7-5-8-12-20/h5,7-8,11-12,14-17,19,26H,6,9-10,13,18H2,1-4H3. The zero-order valence-corrected chi connectivity index (χ0v) is 20.7. The quantitative estimate of drug-likeness (QED) is 0.298. The Morgan fingerprint density at radius 1 is 0.879 bits per heavy atom. The number of ether oxygens (including phenoxy) is 3. The van der Waals surface area contributed by atoms with Crippen LogP contribution >= 0.6 is 11.3 Å². The SMILES string of the molecule is CC1(C)OC(c2ccc(OCCCCCc3ccccc3)c(-c3ccc(F)s3)c2)OC1(C)C. The molecule has 0 spiro atoms. The van der Waals surface area contributed by atoms with Crippen LogP contribution in [0.2, 0.25) is 0 Å². The molecule has 176 valence electrons. The molecule has 0 unspecified atom stereocenters. The van der Waals surface area contributed by atoms with Gasteiger partial charge in [0.25, 0.3) is 0 Å². The molecule has 4 rings (SSSR count). The summed E-state index contributed by atoms with van der Waals surface area (Å²) in [5.41, 5.74) is 2.33. The van der Waals surface area contributed by atoms with E-state index in [1.54, 1.807) is 6.07 Å². The Bertz CT molecular complexity index is 1040. The highest BCUT2D eigenvalue weighted by atomic mass is 32.1. The molecule has 3 aromatic rings. The first-order valence-corrected chi connectivity index (χ1v) is 12.5. The summed E-state index contributed by atoms with van der Waals surface area (Å²) in [4.78, 5) is 0.838. The summed E-state index contributed by atoms with van der Waals surface area (Å²) in [5.74, 6) is 0.764. The van der Waals surface area contributed by atoms with Crippen molar-refractivity contribution in [2.24, 2.45) is 0 Å². The molecule has 1 saturated heterocycles. The van der Waals surface area contributed by atoms with E-state index in [-0.39, 0.29) is 5.13 Å². The minimum Gasteiger partial charge on any atom is -0.493 e. The Morgan fingerprint density at radius 2 is 1.61 bits per heavy atom. The van der Waals surface area contributed by atoms with Gasteiger partial charge in [-0.05, 0) is 83.2 Å². The van der Waals surface area contributed by atoms with Crippen LogP contribution in [0.1, 0.15) is 64.4 Å². The average Bonchev–Trinajstić information content (AvgIpc) is 3.31. The molecule has 1 aliphatic heterocycles. The molecule has 0 aliphatic carbocycles. The van der Waals surface area contributed by atoms with E-state index in [2.05, 4.69) is 24.3 Å². The third-order valence-electron chi connectivity index (χ3n) is 6.58. The van der Waals surface area contributed by atoms with Crippen molar-refractivity contribution < 1.29 is 18.6 Å². The van der Waals surface area contributed by atoms with Gasteiger partial charge < -0.3 is 14.2 Å². The maximum absolute atomic E-state index is 13.8. The largest absolute Gasteiger partial charge is 0.493 e. The number of halogens is 1. The van der Waals surface area contributed by atoms with E-state index in [9.17, 15) is 4.39 Å². The van der Waals surface area contributed by atoms with Crippen LogP contribution in [0, 0.1) is 5.13 Å². The van der Waals surface area contributed by atoms with Crippen molar-refractivity contribution >= 4 is 11.3 Å². The van der Waals surface area contributed by atoms with Crippen LogP contribution in [0.15, 0.2) is 60.7 Å². The number of hydrogen-bond donors (Lipinski definition) is 0. The molecule has 0 radical (unpaired) electrons.